The minimum Gasteiger partial charge on any atom is -0.462 e. The summed E-state index contributed by atoms with van der Waals surface area (Å²) in [4.78, 5) is 53.3. The number of ether oxygens (including phenoxy) is 2. The van der Waals surface area contributed by atoms with E-state index < -0.39 is 23.2 Å². The summed E-state index contributed by atoms with van der Waals surface area (Å²) in [5.74, 6) is -0.782. The fraction of sp³-hybridized carbons (Fsp3) is 0.323. The molecule has 0 aliphatic carbocycles. The first-order valence-electron chi connectivity index (χ1n) is 13.6. The Morgan fingerprint density at radius 2 is 1.60 bits per heavy atom. The zero-order valence-corrected chi connectivity index (χ0v) is 24.4. The predicted octanol–water partition coefficient (Wildman–Crippen LogP) is 4.54. The Kier molecular flexibility index (Phi) is 9.41. The molecule has 42 heavy (non-hydrogen) atoms. The van der Waals surface area contributed by atoms with Crippen LogP contribution in [0.1, 0.15) is 60.4 Å². The second-order valence-corrected chi connectivity index (χ2v) is 10.5. The van der Waals surface area contributed by atoms with Gasteiger partial charge in [0, 0.05) is 13.1 Å². The van der Waals surface area contributed by atoms with Gasteiger partial charge in [0.1, 0.15) is 18.5 Å². The highest BCUT2D eigenvalue weighted by atomic mass is 16.7. The zero-order chi connectivity index (χ0) is 30.3. The summed E-state index contributed by atoms with van der Waals surface area (Å²) in [5.41, 5.74) is 2.16. The van der Waals surface area contributed by atoms with Crippen molar-refractivity contribution in [2.75, 3.05) is 11.9 Å². The van der Waals surface area contributed by atoms with E-state index in [9.17, 15) is 14.4 Å². The van der Waals surface area contributed by atoms with Crippen molar-refractivity contribution in [3.63, 3.8) is 0 Å². The summed E-state index contributed by atoms with van der Waals surface area (Å²) in [6.45, 7) is 9.61. The van der Waals surface area contributed by atoms with E-state index in [-0.39, 0.29) is 36.7 Å². The molecule has 2 aromatic carbocycles. The third-order valence-corrected chi connectivity index (χ3v) is 6.12. The highest BCUT2D eigenvalue weighted by Crippen LogP contribution is 2.27. The molecule has 11 heteroatoms. The number of hydrogen-bond donors (Lipinski definition) is 2. The highest BCUT2D eigenvalue weighted by Gasteiger charge is 2.26. The first kappa shape index (κ1) is 30.0. The number of aromatic nitrogens is 3. The Hall–Kier alpha value is -4.93. The summed E-state index contributed by atoms with van der Waals surface area (Å²) >= 11 is 0. The SMILES string of the molecule is CCOC(=O)c1c(NCc2ccc(CNC(=O)OC(C)(C)C)cc2)c2c(C)ncnc2n(OCc2ccccc2)c1=O. The molecule has 0 radical (unpaired) electrons. The number of fused-ring (bicyclic) bond motifs is 1. The van der Waals surface area contributed by atoms with E-state index in [2.05, 4.69) is 20.6 Å². The maximum atomic E-state index is 13.7. The quantitative estimate of drug-likeness (QED) is 0.262. The molecule has 0 saturated heterocycles. The zero-order valence-electron chi connectivity index (χ0n) is 24.4. The van der Waals surface area contributed by atoms with Gasteiger partial charge < -0.3 is 24.9 Å². The van der Waals surface area contributed by atoms with E-state index >= 15 is 0 Å². The molecule has 0 atom stereocenters. The second-order valence-electron chi connectivity index (χ2n) is 10.5. The van der Waals surface area contributed by atoms with Crippen LogP contribution in [0.15, 0.2) is 65.7 Å². The van der Waals surface area contributed by atoms with Gasteiger partial charge in [-0.1, -0.05) is 54.6 Å². The molecule has 2 aromatic heterocycles. The molecule has 4 rings (SSSR count). The summed E-state index contributed by atoms with van der Waals surface area (Å²) in [6, 6.07) is 16.9. The van der Waals surface area contributed by atoms with Crippen molar-refractivity contribution in [3.05, 3.63) is 99.2 Å². The van der Waals surface area contributed by atoms with Crippen LogP contribution in [-0.2, 0) is 29.2 Å². The molecule has 0 saturated carbocycles. The molecular weight excluding hydrogens is 538 g/mol. The maximum absolute atomic E-state index is 13.7. The Balaban J connectivity index is 1.62. The average molecular weight is 574 g/mol. The first-order chi connectivity index (χ1) is 20.1. The van der Waals surface area contributed by atoms with E-state index in [0.29, 0.717) is 17.6 Å². The number of esters is 1. The van der Waals surface area contributed by atoms with Crippen LogP contribution in [0.5, 0.6) is 0 Å². The Morgan fingerprint density at radius 1 is 0.929 bits per heavy atom. The number of hydrogen-bond acceptors (Lipinski definition) is 9. The summed E-state index contributed by atoms with van der Waals surface area (Å²) < 4.78 is 11.6. The van der Waals surface area contributed by atoms with E-state index in [1.165, 1.54) is 6.33 Å². The van der Waals surface area contributed by atoms with Crippen LogP contribution >= 0.6 is 0 Å². The van der Waals surface area contributed by atoms with Crippen molar-refractivity contribution >= 4 is 28.8 Å². The molecule has 4 aromatic rings. The van der Waals surface area contributed by atoms with E-state index in [0.717, 1.165) is 21.4 Å². The van der Waals surface area contributed by atoms with E-state index in [1.54, 1.807) is 34.6 Å². The van der Waals surface area contributed by atoms with Gasteiger partial charge in [0.2, 0.25) is 0 Å². The fourth-order valence-corrected chi connectivity index (χ4v) is 4.19. The Bertz CT molecular complexity index is 1610. The van der Waals surface area contributed by atoms with Crippen molar-refractivity contribution in [1.82, 2.24) is 20.0 Å². The normalized spacial score (nSPS) is 11.2. The number of pyridine rings is 1. The first-order valence-corrected chi connectivity index (χ1v) is 13.6. The molecule has 2 heterocycles. The lowest BCUT2D eigenvalue weighted by Gasteiger charge is -2.19. The van der Waals surface area contributed by atoms with Crippen molar-refractivity contribution in [2.45, 2.75) is 59.9 Å². The van der Waals surface area contributed by atoms with Crippen LogP contribution in [0, 0.1) is 6.92 Å². The molecule has 11 nitrogen and oxygen atoms in total. The standard InChI is InChI=1S/C31H35N5O6/c1-6-40-29(38)25-26(32-16-21-12-14-22(15-13-21)17-33-30(39)42-31(3,4)5)24-20(2)34-19-35-27(24)36(28(25)37)41-18-23-10-8-7-9-11-23/h7-15,19,32H,6,16-18H2,1-5H3,(H,33,39). The van der Waals surface area contributed by atoms with Crippen LogP contribution in [0.2, 0.25) is 0 Å². The monoisotopic (exact) mass is 573 g/mol. The molecule has 0 aliphatic rings. The third kappa shape index (κ3) is 7.42. The van der Waals surface area contributed by atoms with Crippen LogP contribution in [0.25, 0.3) is 11.0 Å². The Morgan fingerprint density at radius 3 is 2.24 bits per heavy atom. The number of alkyl carbamates (subject to hydrolysis) is 1. The number of anilines is 1. The summed E-state index contributed by atoms with van der Waals surface area (Å²) in [5, 5.41) is 6.45. The number of benzene rings is 2. The largest absolute Gasteiger partial charge is 0.462 e. The van der Waals surface area contributed by atoms with Gasteiger partial charge in [-0.15, -0.1) is 4.73 Å². The van der Waals surface area contributed by atoms with Gasteiger partial charge in [0.15, 0.2) is 11.2 Å². The van der Waals surface area contributed by atoms with Crippen molar-refractivity contribution < 1.29 is 23.9 Å². The molecule has 220 valence electrons. The van der Waals surface area contributed by atoms with E-state index in [4.69, 9.17) is 14.3 Å². The van der Waals surface area contributed by atoms with Crippen molar-refractivity contribution in [3.8, 4) is 0 Å². The molecular formula is C31H35N5O6. The smallest absolute Gasteiger partial charge is 0.407 e. The number of carbonyl (C=O) groups excluding carboxylic acids is 2. The van der Waals surface area contributed by atoms with Gasteiger partial charge in [0.25, 0.3) is 0 Å². The summed E-state index contributed by atoms with van der Waals surface area (Å²) in [7, 11) is 0. The maximum Gasteiger partial charge on any atom is 0.407 e. The number of amides is 1. The minimum atomic E-state index is -0.782. The average Bonchev–Trinajstić information content (AvgIpc) is 2.94. The molecule has 2 N–H and O–H groups in total. The molecule has 1 amide bonds. The molecule has 0 bridgehead atoms. The molecule has 0 spiro atoms. The second kappa shape index (κ2) is 13.2. The Labute approximate surface area is 243 Å². The number of aryl methyl sites for hydroxylation is 1. The minimum absolute atomic E-state index is 0.0864. The van der Waals surface area contributed by atoms with E-state index in [1.807, 2.05) is 54.6 Å². The van der Waals surface area contributed by atoms with Crippen LogP contribution in [0.4, 0.5) is 10.5 Å². The number of nitrogens with zero attached hydrogens (tertiary/aromatic N) is 3. The van der Waals surface area contributed by atoms with Gasteiger partial charge in [-0.05, 0) is 51.3 Å². The molecule has 0 aliphatic heterocycles. The van der Waals surface area contributed by atoms with Gasteiger partial charge in [-0.2, -0.15) is 0 Å². The predicted molar refractivity (Wildman–Crippen MR) is 158 cm³/mol. The number of nitrogens with one attached hydrogen (secondary N) is 2. The van der Waals surface area contributed by atoms with Gasteiger partial charge in [-0.25, -0.2) is 19.6 Å². The topological polar surface area (TPSA) is 134 Å². The van der Waals surface area contributed by atoms with Crippen LogP contribution < -0.4 is 21.0 Å². The lowest BCUT2D eigenvalue weighted by molar-refractivity contribution is 0.0507. The van der Waals surface area contributed by atoms with Crippen molar-refractivity contribution in [1.29, 1.82) is 0 Å². The van der Waals surface area contributed by atoms with Crippen LogP contribution in [0.3, 0.4) is 0 Å². The molecule has 0 unspecified atom stereocenters. The fourth-order valence-electron chi connectivity index (χ4n) is 4.19. The number of rotatable bonds is 10. The summed E-state index contributed by atoms with van der Waals surface area (Å²) in [6.07, 6.45) is 0.851. The number of carbonyl (C=O) groups is 2. The van der Waals surface area contributed by atoms with Gasteiger partial charge in [0.05, 0.1) is 23.4 Å². The third-order valence-electron chi connectivity index (χ3n) is 6.12. The highest BCUT2D eigenvalue weighted by molar-refractivity contribution is 6.04. The lowest BCUT2D eigenvalue weighted by Crippen LogP contribution is -2.34. The van der Waals surface area contributed by atoms with Gasteiger partial charge >= 0.3 is 17.6 Å². The lowest BCUT2D eigenvalue weighted by atomic mass is 10.1. The van der Waals surface area contributed by atoms with Crippen LogP contribution in [-0.4, -0.2) is 39.0 Å². The molecule has 0 fully saturated rings. The van der Waals surface area contributed by atoms with Gasteiger partial charge in [-0.3, -0.25) is 4.79 Å². The van der Waals surface area contributed by atoms with Crippen molar-refractivity contribution in [2.24, 2.45) is 0 Å².